The standard InChI is InChI=1S/C12H19N5O3S/c1-7(2)16-17-12-15-11(19)8(21-12)5-9(18)14-10-6-13-3-4-20-10/h8,10,13H,3-6H2,1-2H3,(H,14,18)(H,15,17,19). The summed E-state index contributed by atoms with van der Waals surface area (Å²) in [4.78, 5) is 23.7. The van der Waals surface area contributed by atoms with Crippen LogP contribution in [0.4, 0.5) is 0 Å². The number of carbonyl (C=O) groups excluding carboxylic acids is 2. The number of nitrogens with one attached hydrogen (secondary N) is 3. The molecule has 3 N–H and O–H groups in total. The molecule has 0 bridgehead atoms. The van der Waals surface area contributed by atoms with Crippen LogP contribution < -0.4 is 16.0 Å². The molecule has 0 aliphatic carbocycles. The molecule has 2 fully saturated rings. The van der Waals surface area contributed by atoms with Crippen molar-refractivity contribution < 1.29 is 14.3 Å². The van der Waals surface area contributed by atoms with Crippen LogP contribution >= 0.6 is 11.8 Å². The van der Waals surface area contributed by atoms with Crippen LogP contribution in [-0.4, -0.2) is 53.9 Å². The number of hydrogen-bond acceptors (Lipinski definition) is 7. The summed E-state index contributed by atoms with van der Waals surface area (Å²) < 4.78 is 5.38. The molecule has 0 aromatic rings. The van der Waals surface area contributed by atoms with Gasteiger partial charge in [-0.05, 0) is 13.8 Å². The molecule has 0 aromatic heterocycles. The number of amidine groups is 1. The number of nitrogens with zero attached hydrogens (tertiary/aromatic N) is 2. The minimum absolute atomic E-state index is 0.0875. The Labute approximate surface area is 127 Å². The lowest BCUT2D eigenvalue weighted by Crippen LogP contribution is -2.49. The van der Waals surface area contributed by atoms with Crippen molar-refractivity contribution in [3.63, 3.8) is 0 Å². The summed E-state index contributed by atoms with van der Waals surface area (Å²) in [6.07, 6.45) is -0.245. The number of carbonyl (C=O) groups is 2. The molecule has 2 heterocycles. The average Bonchev–Trinajstić information content (AvgIpc) is 2.78. The van der Waals surface area contributed by atoms with Gasteiger partial charge in [0.15, 0.2) is 5.17 Å². The Kier molecular flexibility index (Phi) is 5.71. The Morgan fingerprint density at radius 3 is 3.00 bits per heavy atom. The van der Waals surface area contributed by atoms with Crippen molar-refractivity contribution in [2.24, 2.45) is 10.2 Å². The predicted octanol–water partition coefficient (Wildman–Crippen LogP) is -0.578. The molecule has 9 heteroatoms. The first-order valence-corrected chi connectivity index (χ1v) is 7.60. The summed E-state index contributed by atoms with van der Waals surface area (Å²) in [5.41, 5.74) is 0.792. The minimum Gasteiger partial charge on any atom is -0.356 e. The highest BCUT2D eigenvalue weighted by atomic mass is 32.2. The topological polar surface area (TPSA) is 104 Å². The molecule has 0 aromatic carbocycles. The van der Waals surface area contributed by atoms with Crippen LogP contribution in [0.2, 0.25) is 0 Å². The van der Waals surface area contributed by atoms with E-state index < -0.39 is 5.25 Å². The zero-order chi connectivity index (χ0) is 15.2. The van der Waals surface area contributed by atoms with Gasteiger partial charge < -0.3 is 20.7 Å². The lowest BCUT2D eigenvalue weighted by atomic mass is 10.2. The Morgan fingerprint density at radius 2 is 2.33 bits per heavy atom. The van der Waals surface area contributed by atoms with E-state index in [2.05, 4.69) is 26.2 Å². The predicted molar refractivity (Wildman–Crippen MR) is 81.1 cm³/mol. The largest absolute Gasteiger partial charge is 0.356 e. The van der Waals surface area contributed by atoms with Crippen molar-refractivity contribution in [1.29, 1.82) is 0 Å². The van der Waals surface area contributed by atoms with Gasteiger partial charge in [-0.2, -0.15) is 5.10 Å². The second-order valence-corrected chi connectivity index (χ2v) is 6.07. The van der Waals surface area contributed by atoms with Gasteiger partial charge in [-0.3, -0.25) is 9.59 Å². The van der Waals surface area contributed by atoms with Crippen LogP contribution in [0.3, 0.4) is 0 Å². The molecule has 0 spiro atoms. The molecule has 2 saturated heterocycles. The molecule has 8 nitrogen and oxygen atoms in total. The van der Waals surface area contributed by atoms with Gasteiger partial charge in [0.05, 0.1) is 6.61 Å². The fourth-order valence-electron chi connectivity index (χ4n) is 1.80. The molecule has 0 radical (unpaired) electrons. The van der Waals surface area contributed by atoms with Gasteiger partial charge >= 0.3 is 0 Å². The average molecular weight is 313 g/mol. The molecule has 2 rings (SSSR count). The normalized spacial score (nSPS) is 27.3. The molecule has 116 valence electrons. The third-order valence-corrected chi connectivity index (χ3v) is 3.81. The van der Waals surface area contributed by atoms with Gasteiger partial charge in [-0.25, -0.2) is 0 Å². The maximum absolute atomic E-state index is 11.9. The lowest BCUT2D eigenvalue weighted by molar-refractivity contribution is -0.128. The van der Waals surface area contributed by atoms with Crippen molar-refractivity contribution in [3.8, 4) is 0 Å². The van der Waals surface area contributed by atoms with E-state index in [1.165, 1.54) is 11.8 Å². The Bertz CT molecular complexity index is 470. The first-order chi connectivity index (χ1) is 10.0. The third kappa shape index (κ3) is 5.10. The number of rotatable bonds is 4. The van der Waals surface area contributed by atoms with Crippen LogP contribution in [0.5, 0.6) is 0 Å². The molecule has 2 amide bonds. The van der Waals surface area contributed by atoms with E-state index in [-0.39, 0.29) is 24.5 Å². The van der Waals surface area contributed by atoms with Gasteiger partial charge in [-0.15, -0.1) is 5.10 Å². The van der Waals surface area contributed by atoms with Crippen molar-refractivity contribution in [2.45, 2.75) is 31.7 Å². The fourth-order valence-corrected chi connectivity index (χ4v) is 2.71. The summed E-state index contributed by atoms with van der Waals surface area (Å²) in [5.74, 6) is -0.437. The van der Waals surface area contributed by atoms with E-state index in [0.717, 1.165) is 12.3 Å². The van der Waals surface area contributed by atoms with Crippen LogP contribution in [0, 0.1) is 0 Å². The van der Waals surface area contributed by atoms with Crippen molar-refractivity contribution in [1.82, 2.24) is 16.0 Å². The fraction of sp³-hybridized carbons (Fsp3) is 0.667. The highest BCUT2D eigenvalue weighted by Crippen LogP contribution is 2.22. The van der Waals surface area contributed by atoms with Gasteiger partial charge in [0.2, 0.25) is 11.8 Å². The molecule has 2 aliphatic heterocycles. The highest BCUT2D eigenvalue weighted by molar-refractivity contribution is 8.15. The zero-order valence-corrected chi connectivity index (χ0v) is 12.8. The van der Waals surface area contributed by atoms with E-state index in [1.54, 1.807) is 0 Å². The van der Waals surface area contributed by atoms with E-state index in [1.807, 2.05) is 13.8 Å². The van der Waals surface area contributed by atoms with Crippen molar-refractivity contribution >= 4 is 34.5 Å². The van der Waals surface area contributed by atoms with Crippen molar-refractivity contribution in [3.05, 3.63) is 0 Å². The summed E-state index contributed by atoms with van der Waals surface area (Å²) in [5, 5.41) is 16.2. The maximum atomic E-state index is 11.9. The number of ether oxygens (including phenoxy) is 1. The molecular formula is C12H19N5O3S. The van der Waals surface area contributed by atoms with Crippen molar-refractivity contribution in [2.75, 3.05) is 19.7 Å². The number of hydrogen-bond donors (Lipinski definition) is 3. The van der Waals surface area contributed by atoms with Gasteiger partial charge in [0.25, 0.3) is 0 Å². The van der Waals surface area contributed by atoms with E-state index in [9.17, 15) is 9.59 Å². The third-order valence-electron chi connectivity index (χ3n) is 2.74. The number of thioether (sulfide) groups is 1. The number of amides is 2. The molecular weight excluding hydrogens is 294 g/mol. The van der Waals surface area contributed by atoms with Gasteiger partial charge in [0.1, 0.15) is 11.5 Å². The van der Waals surface area contributed by atoms with Crippen LogP contribution in [-0.2, 0) is 14.3 Å². The zero-order valence-electron chi connectivity index (χ0n) is 12.0. The van der Waals surface area contributed by atoms with Crippen LogP contribution in [0.25, 0.3) is 0 Å². The van der Waals surface area contributed by atoms with Gasteiger partial charge in [0, 0.05) is 25.2 Å². The summed E-state index contributed by atoms with van der Waals surface area (Å²) in [6.45, 7) is 5.55. The second-order valence-electron chi connectivity index (χ2n) is 4.88. The Hall–Kier alpha value is -1.45. The monoisotopic (exact) mass is 313 g/mol. The summed E-state index contributed by atoms with van der Waals surface area (Å²) >= 11 is 1.22. The minimum atomic E-state index is -0.479. The highest BCUT2D eigenvalue weighted by Gasteiger charge is 2.32. The SMILES string of the molecule is CC(C)=NN=C1NC(=O)C(CC(=O)NC2CNCCO2)S1. The Balaban J connectivity index is 1.82. The maximum Gasteiger partial charge on any atom is 0.240 e. The molecule has 21 heavy (non-hydrogen) atoms. The molecule has 2 unspecified atom stereocenters. The first kappa shape index (κ1) is 15.9. The van der Waals surface area contributed by atoms with E-state index in [0.29, 0.717) is 18.3 Å². The summed E-state index contributed by atoms with van der Waals surface area (Å²) in [7, 11) is 0. The number of morpholine rings is 1. The quantitative estimate of drug-likeness (QED) is 0.476. The second kappa shape index (κ2) is 7.53. The first-order valence-electron chi connectivity index (χ1n) is 6.72. The Morgan fingerprint density at radius 1 is 1.52 bits per heavy atom. The van der Waals surface area contributed by atoms with E-state index in [4.69, 9.17) is 4.74 Å². The van der Waals surface area contributed by atoms with E-state index >= 15 is 0 Å². The lowest BCUT2D eigenvalue weighted by Gasteiger charge is -2.24. The molecule has 2 aliphatic rings. The summed E-state index contributed by atoms with van der Waals surface area (Å²) in [6, 6.07) is 0. The van der Waals surface area contributed by atoms with Crippen LogP contribution in [0.1, 0.15) is 20.3 Å². The van der Waals surface area contributed by atoms with Crippen LogP contribution in [0.15, 0.2) is 10.2 Å². The van der Waals surface area contributed by atoms with Gasteiger partial charge in [-0.1, -0.05) is 11.8 Å². The molecule has 2 atom stereocenters. The smallest absolute Gasteiger partial charge is 0.240 e. The molecule has 0 saturated carbocycles.